The molecule has 0 saturated carbocycles. The minimum absolute atomic E-state index is 0.940. The summed E-state index contributed by atoms with van der Waals surface area (Å²) in [6, 6.07) is 103. The molecule has 13 rings (SSSR count). The molecule has 3 aromatic heterocycles. The molecule has 0 N–H and O–H groups in total. The van der Waals surface area contributed by atoms with Gasteiger partial charge in [0.05, 0.1) is 17.1 Å². The average molecular weight is 1010 g/mol. The highest BCUT2D eigenvalue weighted by molar-refractivity contribution is 5.99. The Balaban J connectivity index is 0.986. The van der Waals surface area contributed by atoms with Crippen molar-refractivity contribution >= 4 is 0 Å². The molecule has 0 atom stereocenters. The van der Waals surface area contributed by atoms with Gasteiger partial charge in [0, 0.05) is 40.8 Å². The Labute approximate surface area is 462 Å². The molecule has 0 aliphatic heterocycles. The zero-order chi connectivity index (χ0) is 52.9. The molecule has 0 radical (unpaired) electrons. The normalized spacial score (nSPS) is 11.1. The molecule has 0 spiro atoms. The quantitative estimate of drug-likeness (QED) is 0.122. The maximum Gasteiger partial charge on any atom is 0.0705 e. The van der Waals surface area contributed by atoms with Crippen LogP contribution in [0.1, 0.15) is 5.56 Å². The highest BCUT2D eigenvalue weighted by Crippen LogP contribution is 2.46. The van der Waals surface area contributed by atoms with Crippen LogP contribution in [0.25, 0.3) is 134 Å². The summed E-state index contributed by atoms with van der Waals surface area (Å²) < 4.78 is 0. The second kappa shape index (κ2) is 21.7. The first kappa shape index (κ1) is 48.3. The van der Waals surface area contributed by atoms with Gasteiger partial charge in [-0.2, -0.15) is 0 Å². The zero-order valence-corrected chi connectivity index (χ0v) is 43.7. The molecule has 79 heavy (non-hydrogen) atoms. The summed E-state index contributed by atoms with van der Waals surface area (Å²) in [6.07, 6.45) is 5.73. The first-order valence-electron chi connectivity index (χ1n) is 26.9. The van der Waals surface area contributed by atoms with Gasteiger partial charge < -0.3 is 0 Å². The Kier molecular flexibility index (Phi) is 13.3. The topological polar surface area (TPSA) is 38.7 Å². The van der Waals surface area contributed by atoms with Gasteiger partial charge in [-0.25, -0.2) is 0 Å². The number of pyridine rings is 3. The van der Waals surface area contributed by atoms with Crippen LogP contribution >= 0.6 is 0 Å². The number of aromatic nitrogens is 3. The van der Waals surface area contributed by atoms with Crippen LogP contribution in [0.4, 0.5) is 0 Å². The number of nitrogens with zero attached hydrogens (tertiary/aromatic N) is 3. The maximum absolute atomic E-state index is 4.96. The van der Waals surface area contributed by atoms with Crippen LogP contribution in [-0.2, 0) is 0 Å². The SMILES string of the molecule is Cc1cc(-c2ccc(-c3ccccc3-c3cc(-c4ccccc4-c4ccc(-c5ccccn5)cc4-c4ccccc4)cc(-c4ccccc4-c4ccc(-c5ccccn5)cc4-c4ccccc4)c3)cc2)ncc1-c1ccccc1. The number of benzene rings is 10. The van der Waals surface area contributed by atoms with Crippen molar-refractivity contribution in [3.63, 3.8) is 0 Å². The Bertz CT molecular complexity index is 4080. The Morgan fingerprint density at radius 1 is 0.190 bits per heavy atom. The van der Waals surface area contributed by atoms with Gasteiger partial charge in [0.2, 0.25) is 0 Å². The molecule has 10 aromatic carbocycles. The summed E-state index contributed by atoms with van der Waals surface area (Å²) in [5.41, 5.74) is 27.8. The van der Waals surface area contributed by atoms with Gasteiger partial charge in [0.25, 0.3) is 0 Å². The van der Waals surface area contributed by atoms with E-state index in [1.165, 1.54) is 11.1 Å². The summed E-state index contributed by atoms with van der Waals surface area (Å²) >= 11 is 0. The Morgan fingerprint density at radius 3 is 0.937 bits per heavy atom. The molecule has 3 heteroatoms. The molecule has 372 valence electrons. The van der Waals surface area contributed by atoms with E-state index in [0.29, 0.717) is 0 Å². The van der Waals surface area contributed by atoms with Crippen molar-refractivity contribution in [3.05, 3.63) is 309 Å². The summed E-state index contributed by atoms with van der Waals surface area (Å²) in [7, 11) is 0. The van der Waals surface area contributed by atoms with Crippen LogP contribution in [0.2, 0.25) is 0 Å². The van der Waals surface area contributed by atoms with E-state index in [9.17, 15) is 0 Å². The third kappa shape index (κ3) is 9.90. The van der Waals surface area contributed by atoms with Crippen molar-refractivity contribution in [1.29, 1.82) is 0 Å². The van der Waals surface area contributed by atoms with Crippen LogP contribution in [-0.4, -0.2) is 15.0 Å². The van der Waals surface area contributed by atoms with Gasteiger partial charge in [-0.15, -0.1) is 0 Å². The molecule has 0 amide bonds. The Hall–Kier alpha value is -10.4. The van der Waals surface area contributed by atoms with E-state index in [-0.39, 0.29) is 0 Å². The number of rotatable bonds is 12. The molecule has 13 aromatic rings. The smallest absolute Gasteiger partial charge is 0.0705 e. The van der Waals surface area contributed by atoms with Crippen molar-refractivity contribution in [2.45, 2.75) is 6.92 Å². The molecule has 0 fully saturated rings. The number of hydrogen-bond acceptors (Lipinski definition) is 3. The lowest BCUT2D eigenvalue weighted by Crippen LogP contribution is -1.94. The predicted molar refractivity (Wildman–Crippen MR) is 330 cm³/mol. The van der Waals surface area contributed by atoms with Gasteiger partial charge in [0.15, 0.2) is 0 Å². The lowest BCUT2D eigenvalue weighted by Gasteiger charge is -2.20. The van der Waals surface area contributed by atoms with E-state index in [0.717, 1.165) is 128 Å². The van der Waals surface area contributed by atoms with Gasteiger partial charge in [-0.3, -0.25) is 15.0 Å². The molecule has 0 bridgehead atoms. The molecule has 0 unspecified atom stereocenters. The minimum Gasteiger partial charge on any atom is -0.256 e. The van der Waals surface area contributed by atoms with Gasteiger partial charge >= 0.3 is 0 Å². The van der Waals surface area contributed by atoms with Crippen molar-refractivity contribution < 1.29 is 0 Å². The summed E-state index contributed by atoms with van der Waals surface area (Å²) in [5, 5.41) is 0. The molecular formula is C76H53N3. The van der Waals surface area contributed by atoms with Crippen LogP contribution in [0.3, 0.4) is 0 Å². The van der Waals surface area contributed by atoms with Crippen LogP contribution in [0.15, 0.2) is 304 Å². The fraction of sp³-hybridized carbons (Fsp3) is 0.0132. The van der Waals surface area contributed by atoms with E-state index >= 15 is 0 Å². The van der Waals surface area contributed by atoms with E-state index in [2.05, 4.69) is 262 Å². The van der Waals surface area contributed by atoms with Crippen molar-refractivity contribution in [2.24, 2.45) is 0 Å². The monoisotopic (exact) mass is 1010 g/mol. The van der Waals surface area contributed by atoms with Crippen molar-refractivity contribution in [3.8, 4) is 134 Å². The fourth-order valence-corrected chi connectivity index (χ4v) is 11.1. The zero-order valence-electron chi connectivity index (χ0n) is 43.7. The van der Waals surface area contributed by atoms with Crippen molar-refractivity contribution in [2.75, 3.05) is 0 Å². The first-order valence-corrected chi connectivity index (χ1v) is 26.9. The van der Waals surface area contributed by atoms with Gasteiger partial charge in [-0.05, 0) is 168 Å². The minimum atomic E-state index is 0.940. The molecule has 0 aliphatic rings. The highest BCUT2D eigenvalue weighted by atomic mass is 14.7. The van der Waals surface area contributed by atoms with E-state index < -0.39 is 0 Å². The van der Waals surface area contributed by atoms with Crippen LogP contribution in [0.5, 0.6) is 0 Å². The predicted octanol–water partition coefficient (Wildman–Crippen LogP) is 20.2. The standard InChI is InChI=1S/C76H53N3/c1-52-45-76(79-51-73(52)55-25-9-4-10-26-55)57-37-35-56(36-38-57)63-27-11-12-28-64(63)60-46-61(65-29-13-15-31-67(65)69-41-39-58(74-33-17-19-43-77-74)49-71(69)53-21-5-2-6-22-53)48-62(47-60)66-30-14-16-32-68(66)70-42-40-59(75-34-18-20-44-78-75)50-72(70)54-23-7-3-8-24-54/h2-51H,1H3. The van der Waals surface area contributed by atoms with E-state index in [1.807, 2.05) is 48.9 Å². The van der Waals surface area contributed by atoms with Crippen LogP contribution < -0.4 is 0 Å². The van der Waals surface area contributed by atoms with Gasteiger partial charge in [-0.1, -0.05) is 224 Å². The van der Waals surface area contributed by atoms with Crippen molar-refractivity contribution in [1.82, 2.24) is 15.0 Å². The molecule has 3 nitrogen and oxygen atoms in total. The first-order chi connectivity index (χ1) is 39.1. The molecule has 3 heterocycles. The summed E-state index contributed by atoms with van der Waals surface area (Å²) in [4.78, 5) is 14.5. The number of aryl methyl sites for hydroxylation is 1. The van der Waals surface area contributed by atoms with E-state index in [1.54, 1.807) is 0 Å². The van der Waals surface area contributed by atoms with E-state index in [4.69, 9.17) is 15.0 Å². The molecule has 0 aliphatic carbocycles. The molecular weight excluding hydrogens is 955 g/mol. The third-order valence-electron chi connectivity index (χ3n) is 15.0. The lowest BCUT2D eigenvalue weighted by molar-refractivity contribution is 1.29. The maximum atomic E-state index is 4.96. The highest BCUT2D eigenvalue weighted by Gasteiger charge is 2.20. The third-order valence-corrected chi connectivity index (χ3v) is 15.0. The summed E-state index contributed by atoms with van der Waals surface area (Å²) in [6.45, 7) is 2.17. The Morgan fingerprint density at radius 2 is 0.519 bits per heavy atom. The van der Waals surface area contributed by atoms with Crippen LogP contribution in [0, 0.1) is 6.92 Å². The fourth-order valence-electron chi connectivity index (χ4n) is 11.1. The largest absolute Gasteiger partial charge is 0.256 e. The average Bonchev–Trinajstić information content (AvgIpc) is 3.57. The second-order valence-corrected chi connectivity index (χ2v) is 19.9. The lowest BCUT2D eigenvalue weighted by atomic mass is 9.84. The molecule has 0 saturated heterocycles. The van der Waals surface area contributed by atoms with Gasteiger partial charge in [0.1, 0.15) is 0 Å². The summed E-state index contributed by atoms with van der Waals surface area (Å²) in [5.74, 6) is 0. The second-order valence-electron chi connectivity index (χ2n) is 19.9. The number of hydrogen-bond donors (Lipinski definition) is 0.